The predicted octanol–water partition coefficient (Wildman–Crippen LogP) is -0.504. The van der Waals surface area contributed by atoms with E-state index in [0.29, 0.717) is 0 Å². The zero-order chi connectivity index (χ0) is 19.5. The van der Waals surface area contributed by atoms with Gasteiger partial charge in [-0.05, 0) is 6.92 Å². The number of aliphatic hydroxyl groups excluding tert-OH is 1. The minimum atomic E-state index is -5.60. The SMILES string of the molecule is C#CCOC1[C@@H](COP(=O)(O)OP(=O)(O)OP(=O)(O)O)O[C@@H](C)[C@H]1O. The molecule has 0 amide bonds. The van der Waals surface area contributed by atoms with Crippen molar-refractivity contribution in [3.05, 3.63) is 0 Å². The molecule has 0 aliphatic carbocycles. The molecule has 0 spiro atoms. The molecule has 16 heteroatoms. The molecule has 0 aromatic heterocycles. The third kappa shape index (κ3) is 7.95. The summed E-state index contributed by atoms with van der Waals surface area (Å²) in [7, 11) is -16.4. The fraction of sp³-hybridized carbons (Fsp3) is 0.778. The third-order valence-corrected chi connectivity index (χ3v) is 6.55. The number of phosphoric acid groups is 3. The molecule has 5 N–H and O–H groups in total. The Balaban J connectivity index is 2.68. The van der Waals surface area contributed by atoms with Gasteiger partial charge in [-0.3, -0.25) is 4.52 Å². The Kier molecular flexibility index (Phi) is 7.96. The van der Waals surface area contributed by atoms with Gasteiger partial charge in [-0.2, -0.15) is 8.62 Å². The molecule has 1 aliphatic rings. The van der Waals surface area contributed by atoms with Crippen LogP contribution in [0, 0.1) is 12.3 Å². The summed E-state index contributed by atoms with van der Waals surface area (Å²) in [6.45, 7) is 0.561. The van der Waals surface area contributed by atoms with Crippen LogP contribution in [0.25, 0.3) is 0 Å². The Morgan fingerprint density at radius 3 is 2.24 bits per heavy atom. The van der Waals surface area contributed by atoms with E-state index in [1.165, 1.54) is 6.92 Å². The number of terminal acetylenes is 1. The first-order valence-corrected chi connectivity index (χ1v) is 11.0. The Bertz CT molecular complexity index is 637. The topological polar surface area (TPSA) is 199 Å². The molecule has 1 aliphatic heterocycles. The second-order valence-electron chi connectivity index (χ2n) is 4.74. The Hall–Kier alpha value is -0.150. The van der Waals surface area contributed by atoms with E-state index in [9.17, 15) is 23.7 Å². The molecule has 0 aromatic carbocycles. The van der Waals surface area contributed by atoms with Gasteiger partial charge in [0.1, 0.15) is 24.9 Å². The molecule has 1 heterocycles. The third-order valence-electron chi connectivity index (χ3n) is 2.75. The van der Waals surface area contributed by atoms with Gasteiger partial charge in [-0.1, -0.05) is 5.92 Å². The summed E-state index contributed by atoms with van der Waals surface area (Å²) in [6, 6.07) is 0. The van der Waals surface area contributed by atoms with Crippen molar-refractivity contribution >= 4 is 23.5 Å². The molecule has 0 bridgehead atoms. The number of ether oxygens (including phenoxy) is 2. The monoisotopic (exact) mass is 426 g/mol. The lowest BCUT2D eigenvalue weighted by Crippen LogP contribution is -2.36. The van der Waals surface area contributed by atoms with Gasteiger partial charge in [0.2, 0.25) is 0 Å². The minimum Gasteiger partial charge on any atom is -0.388 e. The van der Waals surface area contributed by atoms with Crippen LogP contribution in [-0.4, -0.2) is 62.3 Å². The fourth-order valence-corrected chi connectivity index (χ4v) is 4.91. The molecule has 1 saturated heterocycles. The lowest BCUT2D eigenvalue weighted by Gasteiger charge is -2.21. The van der Waals surface area contributed by atoms with Gasteiger partial charge in [-0.25, -0.2) is 13.7 Å². The highest BCUT2D eigenvalue weighted by Crippen LogP contribution is 2.66. The van der Waals surface area contributed by atoms with Gasteiger partial charge >= 0.3 is 23.5 Å². The molecule has 6 atom stereocenters. The molecule has 1 rings (SSSR count). The second kappa shape index (κ2) is 8.69. The molecule has 0 aromatic rings. The molecular weight excluding hydrogens is 409 g/mol. The zero-order valence-electron chi connectivity index (χ0n) is 12.6. The average molecular weight is 426 g/mol. The Morgan fingerprint density at radius 2 is 1.72 bits per heavy atom. The molecule has 25 heavy (non-hydrogen) atoms. The van der Waals surface area contributed by atoms with Crippen molar-refractivity contribution in [1.29, 1.82) is 0 Å². The van der Waals surface area contributed by atoms with Crippen LogP contribution >= 0.6 is 23.5 Å². The van der Waals surface area contributed by atoms with Crippen LogP contribution in [0.3, 0.4) is 0 Å². The molecular formula is C9H17O13P3. The average Bonchev–Trinajstić information content (AvgIpc) is 2.66. The van der Waals surface area contributed by atoms with E-state index in [1.54, 1.807) is 0 Å². The van der Waals surface area contributed by atoms with Crippen LogP contribution in [0.4, 0.5) is 0 Å². The first-order chi connectivity index (χ1) is 11.3. The van der Waals surface area contributed by atoms with E-state index >= 15 is 0 Å². The van der Waals surface area contributed by atoms with Crippen molar-refractivity contribution in [3.63, 3.8) is 0 Å². The number of rotatable bonds is 9. The first-order valence-electron chi connectivity index (χ1n) is 6.43. The van der Waals surface area contributed by atoms with Crippen LogP contribution in [0.15, 0.2) is 0 Å². The molecule has 13 nitrogen and oxygen atoms in total. The standard InChI is InChI=1S/C9H17O13P3/c1-3-4-18-9-7(20-6(2)8(9)10)5-19-24(14,15)22-25(16,17)21-23(11,12)13/h1,6-10H,4-5H2,2H3,(H,14,15)(H,16,17)(H2,11,12,13)/t6-,7+,8+,9?/m0/s1. The molecule has 0 radical (unpaired) electrons. The van der Waals surface area contributed by atoms with Crippen molar-refractivity contribution in [3.8, 4) is 12.3 Å². The number of hydrogen-bond donors (Lipinski definition) is 5. The highest BCUT2D eigenvalue weighted by molar-refractivity contribution is 7.66. The van der Waals surface area contributed by atoms with Crippen molar-refractivity contribution in [2.45, 2.75) is 31.3 Å². The van der Waals surface area contributed by atoms with Gasteiger partial charge in [-0.15, -0.1) is 6.42 Å². The summed E-state index contributed by atoms with van der Waals surface area (Å²) < 4.78 is 55.2. The smallest absolute Gasteiger partial charge is 0.388 e. The molecule has 146 valence electrons. The first kappa shape index (κ1) is 22.9. The maximum atomic E-state index is 11.6. The number of aliphatic hydroxyl groups is 1. The molecule has 3 unspecified atom stereocenters. The van der Waals surface area contributed by atoms with Crippen molar-refractivity contribution in [2.75, 3.05) is 13.2 Å². The quantitative estimate of drug-likeness (QED) is 0.234. The summed E-state index contributed by atoms with van der Waals surface area (Å²) in [5.74, 6) is 2.16. The highest BCUT2D eigenvalue weighted by Gasteiger charge is 2.45. The number of phosphoric ester groups is 1. The summed E-state index contributed by atoms with van der Waals surface area (Å²) in [6.07, 6.45) is 1.08. The van der Waals surface area contributed by atoms with Gasteiger partial charge in [0, 0.05) is 0 Å². The van der Waals surface area contributed by atoms with Crippen molar-refractivity contribution < 1.29 is 61.0 Å². The molecule has 0 saturated carbocycles. The van der Waals surface area contributed by atoms with Gasteiger partial charge < -0.3 is 34.2 Å². The Morgan fingerprint density at radius 1 is 1.12 bits per heavy atom. The lowest BCUT2D eigenvalue weighted by atomic mass is 10.1. The largest absolute Gasteiger partial charge is 0.490 e. The van der Waals surface area contributed by atoms with Gasteiger partial charge in [0.15, 0.2) is 0 Å². The van der Waals surface area contributed by atoms with E-state index in [1.807, 2.05) is 0 Å². The number of hydrogen-bond acceptors (Lipinski definition) is 9. The predicted molar refractivity (Wildman–Crippen MR) is 78.7 cm³/mol. The van der Waals surface area contributed by atoms with Crippen LogP contribution in [0.2, 0.25) is 0 Å². The van der Waals surface area contributed by atoms with Crippen LogP contribution in [0.1, 0.15) is 6.92 Å². The van der Waals surface area contributed by atoms with Gasteiger partial charge in [0.25, 0.3) is 0 Å². The van der Waals surface area contributed by atoms with E-state index < -0.39 is 54.5 Å². The fourth-order valence-electron chi connectivity index (χ4n) is 1.88. The van der Waals surface area contributed by atoms with E-state index in [4.69, 9.17) is 30.6 Å². The van der Waals surface area contributed by atoms with E-state index in [2.05, 4.69) is 19.1 Å². The summed E-state index contributed by atoms with van der Waals surface area (Å²) in [5.41, 5.74) is 0. The van der Waals surface area contributed by atoms with E-state index in [0.717, 1.165) is 0 Å². The normalized spacial score (nSPS) is 31.9. The minimum absolute atomic E-state index is 0.191. The van der Waals surface area contributed by atoms with Gasteiger partial charge in [0.05, 0.1) is 12.7 Å². The maximum absolute atomic E-state index is 11.6. The van der Waals surface area contributed by atoms with E-state index in [-0.39, 0.29) is 6.61 Å². The summed E-state index contributed by atoms with van der Waals surface area (Å²) >= 11 is 0. The highest BCUT2D eigenvalue weighted by atomic mass is 31.3. The van der Waals surface area contributed by atoms with Crippen molar-refractivity contribution in [1.82, 2.24) is 0 Å². The summed E-state index contributed by atoms with van der Waals surface area (Å²) in [5, 5.41) is 9.87. The second-order valence-corrected chi connectivity index (χ2v) is 9.16. The maximum Gasteiger partial charge on any atom is 0.490 e. The lowest BCUT2D eigenvalue weighted by molar-refractivity contribution is -0.0430. The van der Waals surface area contributed by atoms with Crippen LogP contribution in [0.5, 0.6) is 0 Å². The van der Waals surface area contributed by atoms with Crippen LogP contribution < -0.4 is 0 Å². The van der Waals surface area contributed by atoms with Crippen molar-refractivity contribution in [2.24, 2.45) is 0 Å². The zero-order valence-corrected chi connectivity index (χ0v) is 15.3. The molecule has 1 fully saturated rings. The van der Waals surface area contributed by atoms with Crippen LogP contribution in [-0.2, 0) is 36.3 Å². The summed E-state index contributed by atoms with van der Waals surface area (Å²) in [4.78, 5) is 35.2. The Labute approximate surface area is 142 Å².